The van der Waals surface area contributed by atoms with E-state index in [-0.39, 0.29) is 12.0 Å². The first-order chi connectivity index (χ1) is 15.2. The Balaban J connectivity index is 1.22. The molecule has 9 heteroatoms. The molecule has 1 atom stereocenters. The van der Waals surface area contributed by atoms with Crippen molar-refractivity contribution in [3.63, 3.8) is 0 Å². The number of hydrogen-bond donors (Lipinski definition) is 0. The lowest BCUT2D eigenvalue weighted by atomic mass is 10.2. The molecule has 3 heterocycles. The molecule has 1 amide bonds. The van der Waals surface area contributed by atoms with E-state index in [9.17, 15) is 4.79 Å². The van der Waals surface area contributed by atoms with Crippen molar-refractivity contribution in [3.8, 4) is 22.2 Å². The number of aromatic nitrogens is 3. The van der Waals surface area contributed by atoms with Crippen LogP contribution in [0.15, 0.2) is 46.9 Å². The minimum atomic E-state index is -0.177. The van der Waals surface area contributed by atoms with Crippen LogP contribution in [0.5, 0.6) is 11.5 Å². The maximum Gasteiger partial charge on any atom is 0.233 e. The minimum Gasteiger partial charge on any atom is -0.486 e. The molecule has 1 aliphatic carbocycles. The van der Waals surface area contributed by atoms with Gasteiger partial charge in [-0.25, -0.2) is 0 Å². The summed E-state index contributed by atoms with van der Waals surface area (Å²) in [4.78, 5) is 15.9. The van der Waals surface area contributed by atoms with Gasteiger partial charge < -0.3 is 14.4 Å². The molecule has 0 radical (unpaired) electrons. The Hall–Kier alpha value is -2.52. The number of fused-ring (bicyclic) bond motifs is 1. The summed E-state index contributed by atoms with van der Waals surface area (Å²) in [6.07, 6.45) is 2.10. The van der Waals surface area contributed by atoms with Crippen LogP contribution in [0.1, 0.15) is 25.8 Å². The zero-order chi connectivity index (χ0) is 21.2. The molecule has 1 fully saturated rings. The Morgan fingerprint density at radius 3 is 2.81 bits per heavy atom. The maximum absolute atomic E-state index is 13.0. The third-order valence-electron chi connectivity index (χ3n) is 5.37. The van der Waals surface area contributed by atoms with E-state index in [2.05, 4.69) is 20.8 Å². The molecule has 0 bridgehead atoms. The predicted octanol–water partition coefficient (Wildman–Crippen LogP) is 4.12. The van der Waals surface area contributed by atoms with E-state index in [1.807, 2.05) is 47.5 Å². The Morgan fingerprint density at radius 1 is 1.23 bits per heavy atom. The zero-order valence-electron chi connectivity index (χ0n) is 17.3. The highest BCUT2D eigenvalue weighted by Gasteiger charge is 2.31. The first-order valence-electron chi connectivity index (χ1n) is 10.5. The number of carbonyl (C=O) groups is 1. The first-order valence-corrected chi connectivity index (χ1v) is 12.4. The number of nitrogens with zero attached hydrogens (tertiary/aromatic N) is 4. The molecule has 1 aromatic carbocycles. The summed E-state index contributed by atoms with van der Waals surface area (Å²) >= 11 is 3.13. The van der Waals surface area contributed by atoms with Crippen molar-refractivity contribution in [1.82, 2.24) is 19.7 Å². The van der Waals surface area contributed by atoms with Crippen molar-refractivity contribution in [3.05, 3.63) is 41.8 Å². The van der Waals surface area contributed by atoms with Gasteiger partial charge in [-0.2, -0.15) is 0 Å². The van der Waals surface area contributed by atoms with Gasteiger partial charge in [0.1, 0.15) is 6.61 Å². The van der Waals surface area contributed by atoms with E-state index in [0.717, 1.165) is 40.2 Å². The van der Waals surface area contributed by atoms with Gasteiger partial charge in [-0.3, -0.25) is 9.36 Å². The number of para-hydroxylation sites is 2. The molecule has 0 spiro atoms. The van der Waals surface area contributed by atoms with Crippen LogP contribution < -0.4 is 9.47 Å². The molecule has 1 saturated carbocycles. The van der Waals surface area contributed by atoms with Crippen LogP contribution >= 0.6 is 23.1 Å². The van der Waals surface area contributed by atoms with E-state index < -0.39 is 0 Å². The van der Waals surface area contributed by atoms with Gasteiger partial charge in [-0.15, -0.1) is 21.5 Å². The lowest BCUT2D eigenvalue weighted by molar-refractivity contribution is -0.129. The van der Waals surface area contributed by atoms with Gasteiger partial charge in [0.05, 0.1) is 17.2 Å². The Morgan fingerprint density at radius 2 is 2.06 bits per heavy atom. The number of hydrogen-bond acceptors (Lipinski definition) is 7. The molecule has 0 saturated heterocycles. The summed E-state index contributed by atoms with van der Waals surface area (Å²) in [7, 11) is 0. The number of likely N-dealkylation sites (N-methyl/N-ethyl adjacent to an activating group) is 1. The third kappa shape index (κ3) is 4.43. The highest BCUT2D eigenvalue weighted by Crippen LogP contribution is 2.41. The van der Waals surface area contributed by atoms with Crippen LogP contribution in [0.4, 0.5) is 0 Å². The summed E-state index contributed by atoms with van der Waals surface area (Å²) < 4.78 is 14.0. The lowest BCUT2D eigenvalue weighted by Gasteiger charge is -2.30. The second-order valence-electron chi connectivity index (χ2n) is 7.60. The molecule has 2 aliphatic rings. The first kappa shape index (κ1) is 20.4. The van der Waals surface area contributed by atoms with Crippen LogP contribution in [0, 0.1) is 0 Å². The van der Waals surface area contributed by atoms with Crippen LogP contribution in [0.25, 0.3) is 10.7 Å². The van der Waals surface area contributed by atoms with E-state index in [0.29, 0.717) is 31.5 Å². The second-order valence-corrected chi connectivity index (χ2v) is 9.49. The smallest absolute Gasteiger partial charge is 0.233 e. The fraction of sp³-hybridized carbons (Fsp3) is 0.409. The quantitative estimate of drug-likeness (QED) is 0.475. The number of amides is 1. The fourth-order valence-corrected chi connectivity index (χ4v) is 5.25. The minimum absolute atomic E-state index is 0.0676. The molecule has 0 unspecified atom stereocenters. The maximum atomic E-state index is 13.0. The number of ether oxygens (including phenoxy) is 2. The molecule has 162 valence electrons. The molecular formula is C22H24N4O3S2. The monoisotopic (exact) mass is 456 g/mol. The van der Waals surface area contributed by atoms with Crippen LogP contribution in [-0.4, -0.2) is 57.1 Å². The van der Waals surface area contributed by atoms with Gasteiger partial charge in [-0.1, -0.05) is 30.0 Å². The molecule has 0 N–H and O–H groups in total. The van der Waals surface area contributed by atoms with Gasteiger partial charge in [0.15, 0.2) is 28.6 Å². The Bertz CT molecular complexity index is 1050. The highest BCUT2D eigenvalue weighted by atomic mass is 32.2. The summed E-state index contributed by atoms with van der Waals surface area (Å²) in [6, 6.07) is 12.2. The normalized spacial score (nSPS) is 17.5. The van der Waals surface area contributed by atoms with E-state index in [1.165, 1.54) is 11.8 Å². The fourth-order valence-electron chi connectivity index (χ4n) is 3.63. The SMILES string of the molecule is CCN(C[C@H]1COc2ccccc2O1)C(=O)CSc1nnc(-c2cccs2)n1C1CC1. The van der Waals surface area contributed by atoms with E-state index in [4.69, 9.17) is 9.47 Å². The molecule has 7 nitrogen and oxygen atoms in total. The van der Waals surface area contributed by atoms with Crippen molar-refractivity contribution < 1.29 is 14.3 Å². The summed E-state index contributed by atoms with van der Waals surface area (Å²) in [5, 5.41) is 11.7. The molecular weight excluding hydrogens is 432 g/mol. The summed E-state index contributed by atoms with van der Waals surface area (Å²) in [5.74, 6) is 2.79. The van der Waals surface area contributed by atoms with Crippen molar-refractivity contribution in [2.24, 2.45) is 0 Å². The average Bonchev–Trinajstić information content (AvgIpc) is 3.32. The van der Waals surface area contributed by atoms with Crippen LogP contribution in [0.2, 0.25) is 0 Å². The molecule has 31 heavy (non-hydrogen) atoms. The van der Waals surface area contributed by atoms with Gasteiger partial charge in [0, 0.05) is 12.6 Å². The topological polar surface area (TPSA) is 69.5 Å². The summed E-state index contributed by atoms with van der Waals surface area (Å²) in [6.45, 7) is 3.55. The average molecular weight is 457 g/mol. The van der Waals surface area contributed by atoms with Gasteiger partial charge >= 0.3 is 0 Å². The van der Waals surface area contributed by atoms with Gasteiger partial charge in [0.2, 0.25) is 5.91 Å². The molecule has 2 aromatic heterocycles. The highest BCUT2D eigenvalue weighted by molar-refractivity contribution is 7.99. The van der Waals surface area contributed by atoms with Crippen LogP contribution in [-0.2, 0) is 4.79 Å². The van der Waals surface area contributed by atoms with Crippen molar-refractivity contribution in [2.75, 3.05) is 25.4 Å². The standard InChI is InChI=1S/C22H24N4O3S2/c1-2-25(12-16-13-28-17-6-3-4-7-18(17)29-16)20(27)14-31-22-24-23-21(19-8-5-11-30-19)26(22)15-9-10-15/h3-8,11,15-16H,2,9-10,12-14H2,1H3/t16-/m0/s1. The molecule has 5 rings (SSSR count). The predicted molar refractivity (Wildman–Crippen MR) is 121 cm³/mol. The van der Waals surface area contributed by atoms with Crippen molar-refractivity contribution in [2.45, 2.75) is 37.1 Å². The Kier molecular flexibility index (Phi) is 5.87. The Labute approximate surface area is 189 Å². The van der Waals surface area contributed by atoms with E-state index in [1.54, 1.807) is 11.3 Å². The van der Waals surface area contributed by atoms with Crippen LogP contribution in [0.3, 0.4) is 0 Å². The third-order valence-corrected chi connectivity index (χ3v) is 7.16. The summed E-state index contributed by atoms with van der Waals surface area (Å²) in [5.41, 5.74) is 0. The number of thioether (sulfide) groups is 1. The number of benzene rings is 1. The number of carbonyl (C=O) groups excluding carboxylic acids is 1. The number of thiophene rings is 1. The number of rotatable bonds is 8. The molecule has 3 aromatic rings. The van der Waals surface area contributed by atoms with E-state index >= 15 is 0 Å². The van der Waals surface area contributed by atoms with Crippen molar-refractivity contribution >= 4 is 29.0 Å². The largest absolute Gasteiger partial charge is 0.486 e. The van der Waals surface area contributed by atoms with Gasteiger partial charge in [0.25, 0.3) is 0 Å². The second kappa shape index (κ2) is 8.92. The lowest BCUT2D eigenvalue weighted by Crippen LogP contribution is -2.44. The zero-order valence-corrected chi connectivity index (χ0v) is 18.9. The molecule has 1 aliphatic heterocycles. The van der Waals surface area contributed by atoms with Gasteiger partial charge in [-0.05, 0) is 43.3 Å². The van der Waals surface area contributed by atoms with Crippen molar-refractivity contribution in [1.29, 1.82) is 0 Å².